The number of fused-ring (bicyclic) bond motifs is 1. The first-order chi connectivity index (χ1) is 13.1. The molecule has 27 heavy (non-hydrogen) atoms. The maximum Gasteiger partial charge on any atom is 0.325 e. The van der Waals surface area contributed by atoms with Gasteiger partial charge in [-0.15, -0.1) is 0 Å². The fourth-order valence-corrected chi connectivity index (χ4v) is 3.07. The Morgan fingerprint density at radius 3 is 2.56 bits per heavy atom. The van der Waals surface area contributed by atoms with Crippen molar-refractivity contribution in [3.05, 3.63) is 66.0 Å². The van der Waals surface area contributed by atoms with E-state index in [1.54, 1.807) is 4.57 Å². The van der Waals surface area contributed by atoms with Crippen molar-refractivity contribution in [2.24, 2.45) is 0 Å². The smallest absolute Gasteiger partial charge is 0.325 e. The third kappa shape index (κ3) is 4.53. The van der Waals surface area contributed by atoms with Gasteiger partial charge in [0.15, 0.2) is 0 Å². The van der Waals surface area contributed by atoms with Crippen molar-refractivity contribution in [3.8, 4) is 0 Å². The van der Waals surface area contributed by atoms with Crippen LogP contribution in [0.15, 0.2) is 54.6 Å². The van der Waals surface area contributed by atoms with Crippen molar-refractivity contribution in [1.29, 1.82) is 0 Å². The van der Waals surface area contributed by atoms with Gasteiger partial charge in [-0.1, -0.05) is 42.5 Å². The summed E-state index contributed by atoms with van der Waals surface area (Å²) in [7, 11) is 1.36. The third-order valence-electron chi connectivity index (χ3n) is 4.45. The number of aryl methyl sites for hydroxylation is 1. The number of hydrogen-bond donors (Lipinski definition) is 1. The van der Waals surface area contributed by atoms with Crippen LogP contribution >= 0.6 is 0 Å². The van der Waals surface area contributed by atoms with E-state index in [1.165, 1.54) is 7.11 Å². The molecule has 1 N–H and O–H groups in total. The molecule has 0 spiro atoms. The molecule has 0 aliphatic heterocycles. The lowest BCUT2D eigenvalue weighted by Gasteiger charge is -2.16. The van der Waals surface area contributed by atoms with Crippen molar-refractivity contribution in [3.63, 3.8) is 0 Å². The zero-order chi connectivity index (χ0) is 19.2. The summed E-state index contributed by atoms with van der Waals surface area (Å²) in [5.41, 5.74) is 2.74. The number of benzene rings is 2. The molecule has 0 fully saturated rings. The Labute approximate surface area is 158 Å². The van der Waals surface area contributed by atoms with E-state index in [4.69, 9.17) is 4.74 Å². The van der Waals surface area contributed by atoms with Crippen molar-refractivity contribution >= 4 is 22.9 Å². The van der Waals surface area contributed by atoms with E-state index in [1.807, 2.05) is 61.5 Å². The maximum absolute atomic E-state index is 12.4. The SMILES string of the molecule is COC(=O)Cn1c(C(C)NC(=O)CCc2ccccc2)nc2ccccc21. The van der Waals surface area contributed by atoms with E-state index in [9.17, 15) is 9.59 Å². The molecule has 0 aliphatic carbocycles. The molecular formula is C21H23N3O3. The highest BCUT2D eigenvalue weighted by Gasteiger charge is 2.20. The Kier molecular flexibility index (Phi) is 5.86. The summed E-state index contributed by atoms with van der Waals surface area (Å²) >= 11 is 0. The first-order valence-corrected chi connectivity index (χ1v) is 8.93. The quantitative estimate of drug-likeness (QED) is 0.653. The van der Waals surface area contributed by atoms with Gasteiger partial charge in [-0.25, -0.2) is 4.98 Å². The Morgan fingerprint density at radius 2 is 1.81 bits per heavy atom. The highest BCUT2D eigenvalue weighted by molar-refractivity contribution is 5.80. The van der Waals surface area contributed by atoms with Gasteiger partial charge in [0.1, 0.15) is 12.4 Å². The predicted molar refractivity (Wildman–Crippen MR) is 103 cm³/mol. The molecule has 2 aromatic carbocycles. The van der Waals surface area contributed by atoms with Gasteiger partial charge in [0.2, 0.25) is 5.91 Å². The van der Waals surface area contributed by atoms with Gasteiger partial charge >= 0.3 is 5.97 Å². The molecule has 0 saturated carbocycles. The molecule has 1 atom stereocenters. The number of carbonyl (C=O) groups excluding carboxylic acids is 2. The number of esters is 1. The summed E-state index contributed by atoms with van der Waals surface area (Å²) in [6, 6.07) is 17.1. The standard InChI is InChI=1S/C21H23N3O3/c1-15(22-19(25)13-12-16-8-4-3-5-9-16)21-23-17-10-6-7-11-18(17)24(21)14-20(26)27-2/h3-11,15H,12-14H2,1-2H3,(H,22,25). The Morgan fingerprint density at radius 1 is 1.11 bits per heavy atom. The van der Waals surface area contributed by atoms with Crippen molar-refractivity contribution in [1.82, 2.24) is 14.9 Å². The molecule has 6 heteroatoms. The lowest BCUT2D eigenvalue weighted by atomic mass is 10.1. The first-order valence-electron chi connectivity index (χ1n) is 8.93. The predicted octanol–water partition coefficient (Wildman–Crippen LogP) is 3.02. The van der Waals surface area contributed by atoms with E-state index >= 15 is 0 Å². The molecule has 1 amide bonds. The van der Waals surface area contributed by atoms with Gasteiger partial charge in [0.25, 0.3) is 0 Å². The number of nitrogens with one attached hydrogen (secondary N) is 1. The summed E-state index contributed by atoms with van der Waals surface area (Å²) in [5.74, 6) is 0.222. The number of carbonyl (C=O) groups is 2. The van der Waals surface area contributed by atoms with Gasteiger partial charge in [-0.05, 0) is 31.0 Å². The second-order valence-electron chi connectivity index (χ2n) is 6.40. The lowest BCUT2D eigenvalue weighted by Crippen LogP contribution is -2.29. The maximum atomic E-state index is 12.4. The summed E-state index contributed by atoms with van der Waals surface area (Å²) in [4.78, 5) is 28.8. The van der Waals surface area contributed by atoms with Gasteiger partial charge in [-0.2, -0.15) is 0 Å². The van der Waals surface area contributed by atoms with Gasteiger partial charge in [0, 0.05) is 6.42 Å². The van der Waals surface area contributed by atoms with Crippen molar-refractivity contribution in [2.45, 2.75) is 32.4 Å². The highest BCUT2D eigenvalue weighted by atomic mass is 16.5. The van der Waals surface area contributed by atoms with Crippen LogP contribution in [0.3, 0.4) is 0 Å². The molecule has 6 nitrogen and oxygen atoms in total. The molecule has 1 heterocycles. The van der Waals surface area contributed by atoms with Crippen LogP contribution in [0.4, 0.5) is 0 Å². The summed E-state index contributed by atoms with van der Waals surface area (Å²) in [5, 5.41) is 2.98. The minimum atomic E-state index is -0.359. The summed E-state index contributed by atoms with van der Waals surface area (Å²) in [6.07, 6.45) is 1.07. The van der Waals surface area contributed by atoms with Crippen LogP contribution in [-0.4, -0.2) is 28.5 Å². The Hall–Kier alpha value is -3.15. The molecule has 140 valence electrons. The number of amides is 1. The van der Waals surface area contributed by atoms with E-state index in [-0.39, 0.29) is 24.5 Å². The summed E-state index contributed by atoms with van der Waals surface area (Å²) in [6.45, 7) is 1.92. The monoisotopic (exact) mass is 365 g/mol. The molecule has 0 aliphatic rings. The lowest BCUT2D eigenvalue weighted by molar-refractivity contribution is -0.141. The van der Waals surface area contributed by atoms with Crippen LogP contribution in [0.5, 0.6) is 0 Å². The summed E-state index contributed by atoms with van der Waals surface area (Å²) < 4.78 is 6.60. The zero-order valence-corrected chi connectivity index (χ0v) is 15.5. The van der Waals surface area contributed by atoms with E-state index in [0.29, 0.717) is 18.7 Å². The van der Waals surface area contributed by atoms with Crippen LogP contribution in [0.1, 0.15) is 30.8 Å². The number of nitrogens with zero attached hydrogens (tertiary/aromatic N) is 2. The molecule has 3 aromatic rings. The average molecular weight is 365 g/mol. The van der Waals surface area contributed by atoms with Gasteiger partial charge < -0.3 is 14.6 Å². The number of rotatable bonds is 7. The van der Waals surface area contributed by atoms with Crippen LogP contribution in [0, 0.1) is 0 Å². The Balaban J connectivity index is 1.74. The van der Waals surface area contributed by atoms with Crippen LogP contribution in [-0.2, 0) is 27.3 Å². The highest BCUT2D eigenvalue weighted by Crippen LogP contribution is 2.21. The number of methoxy groups -OCH3 is 1. The third-order valence-corrected chi connectivity index (χ3v) is 4.45. The minimum absolute atomic E-state index is 0.0522. The molecule has 0 bridgehead atoms. The zero-order valence-electron chi connectivity index (χ0n) is 15.5. The molecule has 3 rings (SSSR count). The molecular weight excluding hydrogens is 342 g/mol. The number of para-hydroxylation sites is 2. The van der Waals surface area contributed by atoms with E-state index in [2.05, 4.69) is 10.3 Å². The fourth-order valence-electron chi connectivity index (χ4n) is 3.07. The largest absolute Gasteiger partial charge is 0.468 e. The van der Waals surface area contributed by atoms with Crippen LogP contribution in [0.2, 0.25) is 0 Å². The van der Waals surface area contributed by atoms with E-state index in [0.717, 1.165) is 16.6 Å². The normalized spacial score (nSPS) is 11.9. The number of ether oxygens (including phenoxy) is 1. The number of hydrogen-bond acceptors (Lipinski definition) is 4. The van der Waals surface area contributed by atoms with Crippen LogP contribution in [0.25, 0.3) is 11.0 Å². The topological polar surface area (TPSA) is 73.2 Å². The second-order valence-corrected chi connectivity index (χ2v) is 6.40. The molecule has 1 aromatic heterocycles. The van der Waals surface area contributed by atoms with Crippen LogP contribution < -0.4 is 5.32 Å². The molecule has 0 radical (unpaired) electrons. The number of aromatic nitrogens is 2. The second kappa shape index (κ2) is 8.49. The van der Waals surface area contributed by atoms with E-state index < -0.39 is 0 Å². The first kappa shape index (κ1) is 18.6. The van der Waals surface area contributed by atoms with Gasteiger partial charge in [-0.3, -0.25) is 9.59 Å². The Bertz CT molecular complexity index is 934. The molecule has 0 saturated heterocycles. The average Bonchev–Trinajstić information content (AvgIpc) is 3.06. The molecule has 1 unspecified atom stereocenters. The fraction of sp³-hybridized carbons (Fsp3) is 0.286. The number of imidazole rings is 1. The van der Waals surface area contributed by atoms with Crippen molar-refractivity contribution < 1.29 is 14.3 Å². The van der Waals surface area contributed by atoms with Gasteiger partial charge in [0.05, 0.1) is 24.2 Å². The van der Waals surface area contributed by atoms with Crippen molar-refractivity contribution in [2.75, 3.05) is 7.11 Å². The minimum Gasteiger partial charge on any atom is -0.468 e.